The summed E-state index contributed by atoms with van der Waals surface area (Å²) in [6.45, 7) is 8.95. The third-order valence-electron chi connectivity index (χ3n) is 5.40. The van der Waals surface area contributed by atoms with Crippen molar-refractivity contribution in [2.45, 2.75) is 38.9 Å². The molecule has 0 bridgehead atoms. The molecule has 0 spiro atoms. The van der Waals surface area contributed by atoms with Crippen LogP contribution >= 0.6 is 0 Å². The average molecular weight is 365 g/mol. The van der Waals surface area contributed by atoms with Gasteiger partial charge in [-0.25, -0.2) is 0 Å². The van der Waals surface area contributed by atoms with Gasteiger partial charge in [0.2, 0.25) is 0 Å². The molecule has 27 heavy (non-hydrogen) atoms. The molecule has 1 aliphatic rings. The number of nitrogens with one attached hydrogen (secondary N) is 1. The van der Waals surface area contributed by atoms with Crippen molar-refractivity contribution in [3.63, 3.8) is 0 Å². The Balaban J connectivity index is 1.83. The smallest absolute Gasteiger partial charge is 0.491 e. The van der Waals surface area contributed by atoms with Gasteiger partial charge in [0, 0.05) is 6.54 Å². The third kappa shape index (κ3) is 4.27. The summed E-state index contributed by atoms with van der Waals surface area (Å²) in [6.07, 6.45) is 2.12. The normalized spacial score (nSPS) is 18.7. The molecule has 4 nitrogen and oxygen atoms in total. The van der Waals surface area contributed by atoms with Gasteiger partial charge in [-0.15, -0.1) is 0 Å². The maximum atomic E-state index is 9.44. The van der Waals surface area contributed by atoms with E-state index in [-0.39, 0.29) is 24.1 Å². The summed E-state index contributed by atoms with van der Waals surface area (Å²) in [5.74, 6) is 0.275. The molecular formula is C22H28BNO3. The van der Waals surface area contributed by atoms with Crippen LogP contribution in [0.3, 0.4) is 0 Å². The summed E-state index contributed by atoms with van der Waals surface area (Å²) in [7, 11) is 1.56. The Morgan fingerprint density at radius 2 is 1.41 bits per heavy atom. The summed E-state index contributed by atoms with van der Waals surface area (Å²) in [4.78, 5) is 0. The second-order valence-electron chi connectivity index (χ2n) is 8.01. The van der Waals surface area contributed by atoms with Crippen LogP contribution in [0.4, 0.5) is 0 Å². The molecule has 1 heterocycles. The second kappa shape index (κ2) is 7.51. The van der Waals surface area contributed by atoms with E-state index >= 15 is 0 Å². The van der Waals surface area contributed by atoms with E-state index in [1.807, 2.05) is 19.2 Å². The molecule has 0 unspecified atom stereocenters. The summed E-state index contributed by atoms with van der Waals surface area (Å²) < 4.78 is 12.4. The first kappa shape index (κ1) is 19.7. The predicted molar refractivity (Wildman–Crippen MR) is 112 cm³/mol. The molecular weight excluding hydrogens is 337 g/mol. The highest BCUT2D eigenvalue weighted by molar-refractivity contribution is 6.55. The molecule has 0 aromatic heterocycles. The lowest BCUT2D eigenvalue weighted by Gasteiger charge is -2.32. The van der Waals surface area contributed by atoms with E-state index in [1.54, 1.807) is 12.1 Å². The molecule has 0 aliphatic carbocycles. The maximum absolute atomic E-state index is 9.44. The second-order valence-corrected chi connectivity index (χ2v) is 8.01. The zero-order valence-electron chi connectivity index (χ0n) is 16.7. The van der Waals surface area contributed by atoms with Crippen molar-refractivity contribution in [3.05, 3.63) is 59.6 Å². The SMILES string of the molecule is CNCC(=Cc1ccc(-c2ccc(O)cc2)cc1)B1OC(C)(C)C(C)(C)O1. The van der Waals surface area contributed by atoms with Crippen LogP contribution in [0.5, 0.6) is 5.75 Å². The fourth-order valence-corrected chi connectivity index (χ4v) is 3.04. The number of phenols is 1. The van der Waals surface area contributed by atoms with Crippen molar-refractivity contribution in [1.29, 1.82) is 0 Å². The van der Waals surface area contributed by atoms with Gasteiger partial charge in [0.05, 0.1) is 11.2 Å². The van der Waals surface area contributed by atoms with Gasteiger partial charge in [-0.05, 0) is 69.0 Å². The lowest BCUT2D eigenvalue weighted by atomic mass is 9.77. The monoisotopic (exact) mass is 365 g/mol. The third-order valence-corrected chi connectivity index (χ3v) is 5.40. The number of likely N-dealkylation sites (N-methyl/N-ethyl adjacent to an activating group) is 1. The highest BCUT2D eigenvalue weighted by Crippen LogP contribution is 2.38. The molecule has 3 rings (SSSR count). The van der Waals surface area contributed by atoms with Gasteiger partial charge in [0.15, 0.2) is 0 Å². The first-order chi connectivity index (χ1) is 12.7. The van der Waals surface area contributed by atoms with Crippen LogP contribution in [0, 0.1) is 0 Å². The molecule has 0 saturated carbocycles. The number of hydrogen-bond acceptors (Lipinski definition) is 4. The average Bonchev–Trinajstić information content (AvgIpc) is 2.84. The van der Waals surface area contributed by atoms with Gasteiger partial charge in [-0.3, -0.25) is 0 Å². The Morgan fingerprint density at radius 3 is 1.89 bits per heavy atom. The Kier molecular flexibility index (Phi) is 5.47. The minimum Gasteiger partial charge on any atom is -0.508 e. The lowest BCUT2D eigenvalue weighted by molar-refractivity contribution is 0.00578. The van der Waals surface area contributed by atoms with Crippen LogP contribution < -0.4 is 5.32 Å². The lowest BCUT2D eigenvalue weighted by Crippen LogP contribution is -2.41. The number of benzene rings is 2. The summed E-state index contributed by atoms with van der Waals surface area (Å²) in [6, 6.07) is 15.6. The van der Waals surface area contributed by atoms with E-state index in [1.165, 1.54) is 0 Å². The Bertz CT molecular complexity index is 794. The number of hydrogen-bond donors (Lipinski definition) is 2. The van der Waals surface area contributed by atoms with Crippen molar-refractivity contribution < 1.29 is 14.4 Å². The molecule has 1 aliphatic heterocycles. The molecule has 2 N–H and O–H groups in total. The van der Waals surface area contributed by atoms with Crippen molar-refractivity contribution in [2.75, 3.05) is 13.6 Å². The quantitative estimate of drug-likeness (QED) is 0.776. The molecule has 0 atom stereocenters. The molecule has 2 aromatic carbocycles. The molecule has 142 valence electrons. The van der Waals surface area contributed by atoms with Crippen LogP contribution in [0.1, 0.15) is 33.3 Å². The number of rotatable bonds is 5. The van der Waals surface area contributed by atoms with E-state index in [4.69, 9.17) is 9.31 Å². The van der Waals surface area contributed by atoms with Crippen LogP contribution in [-0.4, -0.2) is 37.0 Å². The molecule has 5 heteroatoms. The van der Waals surface area contributed by atoms with Crippen LogP contribution in [0.2, 0.25) is 0 Å². The highest BCUT2D eigenvalue weighted by Gasteiger charge is 2.52. The van der Waals surface area contributed by atoms with Crippen molar-refractivity contribution >= 4 is 13.2 Å². The van der Waals surface area contributed by atoms with Crippen molar-refractivity contribution in [2.24, 2.45) is 0 Å². The topological polar surface area (TPSA) is 50.7 Å². The summed E-state index contributed by atoms with van der Waals surface area (Å²) >= 11 is 0. The largest absolute Gasteiger partial charge is 0.508 e. The van der Waals surface area contributed by atoms with Crippen LogP contribution in [0.15, 0.2) is 54.0 Å². The fourth-order valence-electron chi connectivity index (χ4n) is 3.04. The molecule has 1 fully saturated rings. The molecule has 0 amide bonds. The van der Waals surface area contributed by atoms with Gasteiger partial charge < -0.3 is 19.7 Å². The van der Waals surface area contributed by atoms with E-state index in [9.17, 15) is 5.11 Å². The standard InChI is InChI=1S/C22H28BNO3/c1-21(2)22(3,4)27-23(26-21)19(15-24-5)14-16-6-8-17(9-7-16)18-10-12-20(25)13-11-18/h6-14,24-25H,15H2,1-5H3. The maximum Gasteiger partial charge on any atom is 0.491 e. The van der Waals surface area contributed by atoms with E-state index < -0.39 is 0 Å². The first-order valence-corrected chi connectivity index (χ1v) is 9.32. The highest BCUT2D eigenvalue weighted by atomic mass is 16.7. The predicted octanol–water partition coefficient (Wildman–Crippen LogP) is 4.29. The van der Waals surface area contributed by atoms with Gasteiger partial charge in [0.1, 0.15) is 5.75 Å². The Labute approximate surface area is 162 Å². The Morgan fingerprint density at radius 1 is 0.926 bits per heavy atom. The van der Waals surface area contributed by atoms with E-state index in [0.717, 1.165) is 22.2 Å². The van der Waals surface area contributed by atoms with Gasteiger partial charge in [0.25, 0.3) is 0 Å². The number of phenolic OH excluding ortho intramolecular Hbond substituents is 1. The van der Waals surface area contributed by atoms with Crippen molar-refractivity contribution in [3.8, 4) is 16.9 Å². The first-order valence-electron chi connectivity index (χ1n) is 9.32. The summed E-state index contributed by atoms with van der Waals surface area (Å²) in [5.41, 5.74) is 3.63. The van der Waals surface area contributed by atoms with Crippen molar-refractivity contribution in [1.82, 2.24) is 5.32 Å². The minimum atomic E-state index is -0.362. The minimum absolute atomic E-state index is 0.275. The van der Waals surface area contributed by atoms with E-state index in [0.29, 0.717) is 6.54 Å². The zero-order chi connectivity index (χ0) is 19.7. The van der Waals surface area contributed by atoms with Crippen LogP contribution in [-0.2, 0) is 9.31 Å². The summed E-state index contributed by atoms with van der Waals surface area (Å²) in [5, 5.41) is 12.6. The van der Waals surface area contributed by atoms with Gasteiger partial charge in [-0.2, -0.15) is 0 Å². The van der Waals surface area contributed by atoms with Gasteiger partial charge >= 0.3 is 7.12 Å². The zero-order valence-corrected chi connectivity index (χ0v) is 16.7. The Hall–Kier alpha value is -2.08. The van der Waals surface area contributed by atoms with Crippen LogP contribution in [0.25, 0.3) is 17.2 Å². The molecule has 0 radical (unpaired) electrons. The van der Waals surface area contributed by atoms with Gasteiger partial charge in [-0.1, -0.05) is 42.5 Å². The molecule has 1 saturated heterocycles. The van der Waals surface area contributed by atoms with E-state index in [2.05, 4.69) is 63.4 Å². The molecule has 2 aromatic rings. The fraction of sp³-hybridized carbons (Fsp3) is 0.364. The number of aromatic hydroxyl groups is 1.